The van der Waals surface area contributed by atoms with Gasteiger partial charge in [-0.1, -0.05) is 109 Å². The number of benzene rings is 6. The zero-order chi connectivity index (χ0) is 22.4. The molecule has 34 heavy (non-hydrogen) atoms. The third kappa shape index (κ3) is 2.05. The second-order valence-electron chi connectivity index (χ2n) is 9.80. The maximum absolute atomic E-state index is 2.48. The highest BCUT2D eigenvalue weighted by atomic mass is 14.5. The average Bonchev–Trinajstić information content (AvgIpc) is 3.34. The van der Waals surface area contributed by atoms with Gasteiger partial charge in [0.2, 0.25) is 0 Å². The Morgan fingerprint density at radius 2 is 1.12 bits per heavy atom. The Morgan fingerprint density at radius 3 is 1.91 bits per heavy atom. The average molecular weight is 431 g/mol. The molecule has 0 nitrogen and oxygen atoms in total. The minimum absolute atomic E-state index is 0.292. The lowest BCUT2D eigenvalue weighted by Gasteiger charge is -2.30. The predicted octanol–water partition coefficient (Wildman–Crippen LogP) is 8.64. The molecule has 0 atom stereocenters. The Labute approximate surface area is 199 Å². The molecule has 2 aliphatic carbocycles. The van der Waals surface area contributed by atoms with E-state index in [1.807, 2.05) is 0 Å². The van der Waals surface area contributed by atoms with Crippen molar-refractivity contribution in [2.75, 3.05) is 0 Å². The normalized spacial score (nSPS) is 14.3. The fourth-order valence-corrected chi connectivity index (χ4v) is 6.77. The highest BCUT2D eigenvalue weighted by Crippen LogP contribution is 2.64. The molecule has 0 heterocycles. The topological polar surface area (TPSA) is 0 Å². The fourth-order valence-electron chi connectivity index (χ4n) is 6.77. The van der Waals surface area contributed by atoms with Gasteiger partial charge in [0.15, 0.2) is 0 Å². The molecule has 1 spiro atoms. The van der Waals surface area contributed by atoms with Gasteiger partial charge in [-0.15, -0.1) is 0 Å². The van der Waals surface area contributed by atoms with E-state index in [0.717, 1.165) is 0 Å². The molecule has 0 saturated heterocycles. The molecule has 0 amide bonds. The van der Waals surface area contributed by atoms with Crippen molar-refractivity contribution < 1.29 is 0 Å². The molecule has 8 rings (SSSR count). The molecule has 0 saturated carbocycles. The molecule has 0 aliphatic heterocycles. The Bertz CT molecular complexity index is 1770. The third-order valence-corrected chi connectivity index (χ3v) is 8.09. The minimum Gasteiger partial charge on any atom is -0.0619 e. The lowest BCUT2D eigenvalue weighted by Crippen LogP contribution is -2.25. The van der Waals surface area contributed by atoms with Crippen molar-refractivity contribution in [3.05, 3.63) is 143 Å². The summed E-state index contributed by atoms with van der Waals surface area (Å²) in [5, 5.41) is 5.26. The van der Waals surface area contributed by atoms with Crippen LogP contribution in [0.3, 0.4) is 0 Å². The zero-order valence-electron chi connectivity index (χ0n) is 19.0. The highest BCUT2D eigenvalue weighted by Gasteiger charge is 2.51. The van der Waals surface area contributed by atoms with Crippen molar-refractivity contribution in [1.82, 2.24) is 0 Å². The first-order valence-corrected chi connectivity index (χ1v) is 12.0. The maximum Gasteiger partial charge on any atom is 0.0725 e. The smallest absolute Gasteiger partial charge is 0.0619 e. The van der Waals surface area contributed by atoms with Gasteiger partial charge in [0, 0.05) is 0 Å². The molecule has 0 unspecified atom stereocenters. The summed E-state index contributed by atoms with van der Waals surface area (Å²) in [5.74, 6) is 0. The SMILES string of the molecule is Cc1ccc2cc3c(cc2c1)C1(c2ccccc2-c2ccccc21)c1ccc2ccccc2c1-3. The van der Waals surface area contributed by atoms with Gasteiger partial charge in [0.25, 0.3) is 0 Å². The number of rotatable bonds is 0. The summed E-state index contributed by atoms with van der Waals surface area (Å²) >= 11 is 0. The van der Waals surface area contributed by atoms with Crippen molar-refractivity contribution in [2.45, 2.75) is 12.3 Å². The molecule has 158 valence electrons. The van der Waals surface area contributed by atoms with Gasteiger partial charge in [-0.3, -0.25) is 0 Å². The van der Waals surface area contributed by atoms with E-state index in [2.05, 4.69) is 122 Å². The second-order valence-corrected chi connectivity index (χ2v) is 9.80. The maximum atomic E-state index is 2.48. The molecule has 0 bridgehead atoms. The number of hydrogen-bond donors (Lipinski definition) is 0. The van der Waals surface area contributed by atoms with Crippen LogP contribution in [0.15, 0.2) is 115 Å². The van der Waals surface area contributed by atoms with Crippen LogP contribution in [0, 0.1) is 6.92 Å². The Kier molecular flexibility index (Phi) is 3.36. The van der Waals surface area contributed by atoms with Gasteiger partial charge in [-0.25, -0.2) is 0 Å². The molecule has 0 heteroatoms. The predicted molar refractivity (Wildman–Crippen MR) is 142 cm³/mol. The Hall–Kier alpha value is -4.16. The fraction of sp³-hybridized carbons (Fsp3) is 0.0588. The van der Waals surface area contributed by atoms with Crippen molar-refractivity contribution in [3.8, 4) is 22.3 Å². The molecule has 0 fully saturated rings. The van der Waals surface area contributed by atoms with E-state index in [0.29, 0.717) is 0 Å². The van der Waals surface area contributed by atoms with Gasteiger partial charge in [-0.2, -0.15) is 0 Å². The first kappa shape index (κ1) is 18.3. The van der Waals surface area contributed by atoms with E-state index in [9.17, 15) is 0 Å². The minimum atomic E-state index is -0.292. The Morgan fingerprint density at radius 1 is 0.441 bits per heavy atom. The second kappa shape index (κ2) is 6.24. The largest absolute Gasteiger partial charge is 0.0725 e. The monoisotopic (exact) mass is 430 g/mol. The van der Waals surface area contributed by atoms with Crippen LogP contribution < -0.4 is 0 Å². The number of aryl methyl sites for hydroxylation is 1. The Balaban J connectivity index is 1.64. The highest BCUT2D eigenvalue weighted by molar-refractivity contribution is 6.08. The molecule has 6 aromatic carbocycles. The summed E-state index contributed by atoms with van der Waals surface area (Å²) in [6.45, 7) is 2.19. The first-order chi connectivity index (χ1) is 16.8. The van der Waals surface area contributed by atoms with Gasteiger partial charge < -0.3 is 0 Å². The lowest BCUT2D eigenvalue weighted by molar-refractivity contribution is 0.795. The van der Waals surface area contributed by atoms with Crippen molar-refractivity contribution >= 4 is 21.5 Å². The van der Waals surface area contributed by atoms with Crippen LogP contribution in [0.5, 0.6) is 0 Å². The van der Waals surface area contributed by atoms with Crippen molar-refractivity contribution in [2.24, 2.45) is 0 Å². The molecule has 6 aromatic rings. The summed E-state index contributed by atoms with van der Waals surface area (Å²) in [4.78, 5) is 0. The van der Waals surface area contributed by atoms with Gasteiger partial charge in [-0.05, 0) is 85.1 Å². The van der Waals surface area contributed by atoms with Crippen LogP contribution in [0.25, 0.3) is 43.8 Å². The summed E-state index contributed by atoms with van der Waals surface area (Å²) in [5.41, 5.74) is 12.1. The zero-order valence-corrected chi connectivity index (χ0v) is 19.0. The van der Waals surface area contributed by atoms with Crippen LogP contribution in [-0.4, -0.2) is 0 Å². The van der Waals surface area contributed by atoms with Crippen LogP contribution in [0.4, 0.5) is 0 Å². The molecular formula is C34H22. The van der Waals surface area contributed by atoms with Crippen molar-refractivity contribution in [3.63, 3.8) is 0 Å². The summed E-state index contributed by atoms with van der Waals surface area (Å²) < 4.78 is 0. The standard InChI is InChI=1S/C34H22/c1-21-14-15-23-19-28-32(20-24(23)18-21)34(31-17-16-22-8-2-3-9-25(22)33(28)31)29-12-6-4-10-26(29)27-11-5-7-13-30(27)34/h2-20H,1H3. The van der Waals surface area contributed by atoms with Crippen LogP contribution >= 0.6 is 0 Å². The summed E-state index contributed by atoms with van der Waals surface area (Å²) in [6, 6.07) is 43.4. The van der Waals surface area contributed by atoms with Crippen molar-refractivity contribution in [1.29, 1.82) is 0 Å². The molecule has 0 aromatic heterocycles. The van der Waals surface area contributed by atoms with E-state index in [1.165, 1.54) is 71.6 Å². The van der Waals surface area contributed by atoms with Crippen LogP contribution in [0.1, 0.15) is 27.8 Å². The number of fused-ring (bicyclic) bond motifs is 13. The first-order valence-electron chi connectivity index (χ1n) is 12.0. The number of hydrogen-bond acceptors (Lipinski definition) is 0. The van der Waals surface area contributed by atoms with E-state index in [1.54, 1.807) is 0 Å². The third-order valence-electron chi connectivity index (χ3n) is 8.09. The molecule has 2 aliphatic rings. The molecule has 0 N–H and O–H groups in total. The van der Waals surface area contributed by atoms with E-state index in [-0.39, 0.29) is 5.41 Å². The van der Waals surface area contributed by atoms with Crippen LogP contribution in [-0.2, 0) is 5.41 Å². The van der Waals surface area contributed by atoms with E-state index >= 15 is 0 Å². The summed E-state index contributed by atoms with van der Waals surface area (Å²) in [6.07, 6.45) is 0. The summed E-state index contributed by atoms with van der Waals surface area (Å²) in [7, 11) is 0. The quantitative estimate of drug-likeness (QED) is 0.226. The van der Waals surface area contributed by atoms with Crippen LogP contribution in [0.2, 0.25) is 0 Å². The molecule has 0 radical (unpaired) electrons. The van der Waals surface area contributed by atoms with Gasteiger partial charge >= 0.3 is 0 Å². The lowest BCUT2D eigenvalue weighted by atomic mass is 9.70. The molecular weight excluding hydrogens is 408 g/mol. The van der Waals surface area contributed by atoms with E-state index in [4.69, 9.17) is 0 Å². The van der Waals surface area contributed by atoms with E-state index < -0.39 is 0 Å². The van der Waals surface area contributed by atoms with Gasteiger partial charge in [0.05, 0.1) is 5.41 Å². The van der Waals surface area contributed by atoms with Gasteiger partial charge in [0.1, 0.15) is 0 Å².